The predicted octanol–water partition coefficient (Wildman–Crippen LogP) is 4.42. The monoisotopic (exact) mass is 297 g/mol. The maximum absolute atomic E-state index is 3.52. The molecule has 1 rings (SSSR count). The van der Waals surface area contributed by atoms with Gasteiger partial charge in [-0.25, -0.2) is 0 Å². The minimum Gasteiger partial charge on any atom is -0.296 e. The van der Waals surface area contributed by atoms with Crippen molar-refractivity contribution < 1.29 is 0 Å². The van der Waals surface area contributed by atoms with Gasteiger partial charge in [-0.15, -0.1) is 0 Å². The first-order chi connectivity index (χ1) is 8.04. The van der Waals surface area contributed by atoms with E-state index in [2.05, 4.69) is 72.8 Å². The summed E-state index contributed by atoms with van der Waals surface area (Å²) >= 11 is 3.52. The maximum Gasteiger partial charge on any atom is 0.0236 e. The first-order valence-electron chi connectivity index (χ1n) is 6.43. The Morgan fingerprint density at radius 3 is 2.06 bits per heavy atom. The zero-order chi connectivity index (χ0) is 12.8. The van der Waals surface area contributed by atoms with Crippen LogP contribution in [0.1, 0.15) is 44.7 Å². The molecule has 0 N–H and O–H groups in total. The van der Waals surface area contributed by atoms with E-state index in [1.807, 2.05) is 0 Å². The quantitative estimate of drug-likeness (QED) is 0.703. The van der Waals surface area contributed by atoms with Crippen LogP contribution in [0, 0.1) is 0 Å². The first-order valence-corrected chi connectivity index (χ1v) is 7.55. The highest BCUT2D eigenvalue weighted by Gasteiger charge is 2.09. The third-order valence-corrected chi connectivity index (χ3v) is 3.49. The van der Waals surface area contributed by atoms with Crippen molar-refractivity contribution in [1.82, 2.24) is 4.90 Å². The second-order valence-corrected chi connectivity index (χ2v) is 5.94. The number of rotatable bonds is 6. The first kappa shape index (κ1) is 14.7. The summed E-state index contributed by atoms with van der Waals surface area (Å²) in [5, 5.41) is 1.04. The lowest BCUT2D eigenvalue weighted by Gasteiger charge is -2.25. The van der Waals surface area contributed by atoms with E-state index >= 15 is 0 Å². The molecular formula is C15H24BrN. The standard InChI is InChI=1S/C15H24BrN/c1-12(2)15-7-5-14(6-8-15)11-17(10-9-16)13(3)4/h5-8,12-13H,9-11H2,1-4H3. The van der Waals surface area contributed by atoms with E-state index in [0.29, 0.717) is 12.0 Å². The fourth-order valence-electron chi connectivity index (χ4n) is 1.87. The van der Waals surface area contributed by atoms with E-state index in [1.165, 1.54) is 11.1 Å². The summed E-state index contributed by atoms with van der Waals surface area (Å²) in [5.41, 5.74) is 2.83. The van der Waals surface area contributed by atoms with Gasteiger partial charge in [0.2, 0.25) is 0 Å². The molecule has 1 aromatic carbocycles. The van der Waals surface area contributed by atoms with Gasteiger partial charge in [-0.3, -0.25) is 4.90 Å². The summed E-state index contributed by atoms with van der Waals surface area (Å²) in [5.74, 6) is 0.618. The van der Waals surface area contributed by atoms with Crippen LogP contribution in [0.15, 0.2) is 24.3 Å². The molecule has 0 bridgehead atoms. The molecule has 0 aromatic heterocycles. The van der Waals surface area contributed by atoms with E-state index in [9.17, 15) is 0 Å². The summed E-state index contributed by atoms with van der Waals surface area (Å²) in [6.45, 7) is 11.1. The van der Waals surface area contributed by atoms with Gasteiger partial charge >= 0.3 is 0 Å². The van der Waals surface area contributed by atoms with Gasteiger partial charge in [0, 0.05) is 24.5 Å². The van der Waals surface area contributed by atoms with E-state index in [1.54, 1.807) is 0 Å². The fourth-order valence-corrected chi connectivity index (χ4v) is 2.33. The molecular weight excluding hydrogens is 274 g/mol. The lowest BCUT2D eigenvalue weighted by Crippen LogP contribution is -2.31. The third-order valence-electron chi connectivity index (χ3n) is 3.13. The second kappa shape index (κ2) is 7.17. The van der Waals surface area contributed by atoms with E-state index in [4.69, 9.17) is 0 Å². The van der Waals surface area contributed by atoms with Crippen LogP contribution in [0.5, 0.6) is 0 Å². The minimum atomic E-state index is 0.595. The zero-order valence-electron chi connectivity index (χ0n) is 11.4. The number of nitrogens with zero attached hydrogens (tertiary/aromatic N) is 1. The Morgan fingerprint density at radius 2 is 1.65 bits per heavy atom. The van der Waals surface area contributed by atoms with Gasteiger partial charge in [-0.1, -0.05) is 54.0 Å². The molecule has 0 aliphatic heterocycles. The molecule has 2 heteroatoms. The van der Waals surface area contributed by atoms with Crippen molar-refractivity contribution >= 4 is 15.9 Å². The molecule has 0 aliphatic carbocycles. The lowest BCUT2D eigenvalue weighted by molar-refractivity contribution is 0.227. The molecule has 0 atom stereocenters. The Morgan fingerprint density at radius 1 is 1.06 bits per heavy atom. The van der Waals surface area contributed by atoms with Crippen LogP contribution in [0.2, 0.25) is 0 Å². The third kappa shape index (κ3) is 4.81. The number of alkyl halides is 1. The summed E-state index contributed by atoms with van der Waals surface area (Å²) in [6.07, 6.45) is 0. The number of halogens is 1. The Hall–Kier alpha value is -0.340. The van der Waals surface area contributed by atoms with Crippen molar-refractivity contribution in [3.63, 3.8) is 0 Å². The highest BCUT2D eigenvalue weighted by molar-refractivity contribution is 9.09. The van der Waals surface area contributed by atoms with Crippen molar-refractivity contribution in [2.75, 3.05) is 11.9 Å². The van der Waals surface area contributed by atoms with E-state index < -0.39 is 0 Å². The number of benzene rings is 1. The topological polar surface area (TPSA) is 3.24 Å². The van der Waals surface area contributed by atoms with Crippen LogP contribution in [0.3, 0.4) is 0 Å². The Labute approximate surface area is 114 Å². The molecule has 0 spiro atoms. The average molecular weight is 298 g/mol. The van der Waals surface area contributed by atoms with Crippen LogP contribution in [-0.2, 0) is 6.54 Å². The Kier molecular flexibility index (Phi) is 6.21. The van der Waals surface area contributed by atoms with Crippen LogP contribution < -0.4 is 0 Å². The van der Waals surface area contributed by atoms with Crippen LogP contribution in [0.4, 0.5) is 0 Å². The smallest absolute Gasteiger partial charge is 0.0236 e. The molecule has 0 saturated heterocycles. The fraction of sp³-hybridized carbons (Fsp3) is 0.600. The Bertz CT molecular complexity index is 316. The van der Waals surface area contributed by atoms with Gasteiger partial charge in [0.15, 0.2) is 0 Å². The summed E-state index contributed by atoms with van der Waals surface area (Å²) < 4.78 is 0. The average Bonchev–Trinajstić information content (AvgIpc) is 2.29. The van der Waals surface area contributed by atoms with Gasteiger partial charge < -0.3 is 0 Å². The maximum atomic E-state index is 3.52. The van der Waals surface area contributed by atoms with Crippen molar-refractivity contribution in [2.24, 2.45) is 0 Å². The Balaban J connectivity index is 2.66. The molecule has 0 unspecified atom stereocenters. The molecule has 0 radical (unpaired) electrons. The molecule has 0 saturated carbocycles. The minimum absolute atomic E-state index is 0.595. The van der Waals surface area contributed by atoms with Gasteiger partial charge in [-0.05, 0) is 30.9 Å². The van der Waals surface area contributed by atoms with E-state index in [-0.39, 0.29) is 0 Å². The molecule has 1 nitrogen and oxygen atoms in total. The van der Waals surface area contributed by atoms with Crippen molar-refractivity contribution in [3.8, 4) is 0 Å². The van der Waals surface area contributed by atoms with Crippen molar-refractivity contribution in [2.45, 2.75) is 46.2 Å². The summed E-state index contributed by atoms with van der Waals surface area (Å²) in [6, 6.07) is 9.63. The zero-order valence-corrected chi connectivity index (χ0v) is 13.0. The van der Waals surface area contributed by atoms with Gasteiger partial charge in [0.1, 0.15) is 0 Å². The van der Waals surface area contributed by atoms with Gasteiger partial charge in [0.25, 0.3) is 0 Å². The SMILES string of the molecule is CC(C)c1ccc(CN(CCBr)C(C)C)cc1. The largest absolute Gasteiger partial charge is 0.296 e. The molecule has 0 fully saturated rings. The second-order valence-electron chi connectivity index (χ2n) is 5.15. The van der Waals surface area contributed by atoms with Gasteiger partial charge in [-0.2, -0.15) is 0 Å². The molecule has 0 heterocycles. The number of hydrogen-bond acceptors (Lipinski definition) is 1. The van der Waals surface area contributed by atoms with Crippen molar-refractivity contribution in [1.29, 1.82) is 0 Å². The van der Waals surface area contributed by atoms with E-state index in [0.717, 1.165) is 18.4 Å². The molecule has 96 valence electrons. The van der Waals surface area contributed by atoms with Gasteiger partial charge in [0.05, 0.1) is 0 Å². The highest BCUT2D eigenvalue weighted by Crippen LogP contribution is 2.16. The van der Waals surface area contributed by atoms with Crippen LogP contribution in [-0.4, -0.2) is 22.8 Å². The predicted molar refractivity (Wildman–Crippen MR) is 79.9 cm³/mol. The van der Waals surface area contributed by atoms with Crippen molar-refractivity contribution in [3.05, 3.63) is 35.4 Å². The molecule has 0 amide bonds. The molecule has 1 aromatic rings. The number of hydrogen-bond donors (Lipinski definition) is 0. The lowest BCUT2D eigenvalue weighted by atomic mass is 10.0. The van der Waals surface area contributed by atoms with Crippen LogP contribution >= 0.6 is 15.9 Å². The summed E-state index contributed by atoms with van der Waals surface area (Å²) in [7, 11) is 0. The molecule has 17 heavy (non-hydrogen) atoms. The normalized spacial score (nSPS) is 11.8. The summed E-state index contributed by atoms with van der Waals surface area (Å²) in [4.78, 5) is 2.49. The highest BCUT2D eigenvalue weighted by atomic mass is 79.9. The molecule has 0 aliphatic rings. The van der Waals surface area contributed by atoms with Crippen LogP contribution in [0.25, 0.3) is 0 Å².